The Kier molecular flexibility index (Phi) is 4.50. The van der Waals surface area contributed by atoms with E-state index >= 15 is 0 Å². The second kappa shape index (κ2) is 6.41. The van der Waals surface area contributed by atoms with Gasteiger partial charge in [0, 0.05) is 27.7 Å². The molecule has 1 aromatic carbocycles. The zero-order valence-electron chi connectivity index (χ0n) is 12.5. The first-order chi connectivity index (χ1) is 11.0. The highest BCUT2D eigenvalue weighted by atomic mass is 79.9. The van der Waals surface area contributed by atoms with Gasteiger partial charge in [-0.3, -0.25) is 4.79 Å². The number of amides is 1. The van der Waals surface area contributed by atoms with E-state index < -0.39 is 5.97 Å². The van der Waals surface area contributed by atoms with Crippen LogP contribution in [0.1, 0.15) is 50.3 Å². The molecule has 3 rings (SSSR count). The number of carbonyl (C=O) groups excluding carboxylic acids is 1. The van der Waals surface area contributed by atoms with Crippen LogP contribution in [0.5, 0.6) is 0 Å². The summed E-state index contributed by atoms with van der Waals surface area (Å²) in [4.78, 5) is 30.3. The van der Waals surface area contributed by atoms with E-state index in [9.17, 15) is 9.59 Å². The maximum absolute atomic E-state index is 12.9. The van der Waals surface area contributed by atoms with Gasteiger partial charge in [0.2, 0.25) is 0 Å². The Labute approximate surface area is 146 Å². The first-order valence-electron chi connectivity index (χ1n) is 7.22. The molecule has 0 unspecified atom stereocenters. The predicted octanol–water partition coefficient (Wildman–Crippen LogP) is 3.89. The smallest absolute Gasteiger partial charge is 0.335 e. The van der Waals surface area contributed by atoms with Crippen molar-refractivity contribution < 1.29 is 14.7 Å². The molecular formula is C16H15BrN2O3S. The molecule has 5 nitrogen and oxygen atoms in total. The summed E-state index contributed by atoms with van der Waals surface area (Å²) < 4.78 is 0.585. The van der Waals surface area contributed by atoms with Crippen molar-refractivity contribution in [1.29, 1.82) is 0 Å². The van der Waals surface area contributed by atoms with Gasteiger partial charge in [-0.2, -0.15) is 0 Å². The van der Waals surface area contributed by atoms with Gasteiger partial charge in [-0.1, -0.05) is 15.9 Å². The number of aromatic carboxylic acids is 1. The second-order valence-corrected chi connectivity index (χ2v) is 7.32. The summed E-state index contributed by atoms with van der Waals surface area (Å²) in [6.45, 7) is 2.60. The number of halogens is 1. The number of thiazole rings is 1. The van der Waals surface area contributed by atoms with E-state index in [4.69, 9.17) is 5.11 Å². The summed E-state index contributed by atoms with van der Waals surface area (Å²) >= 11 is 4.84. The number of carboxylic acid groups (broad SMARTS) is 1. The number of rotatable bonds is 3. The van der Waals surface area contributed by atoms with Crippen LogP contribution in [0, 0.1) is 6.92 Å². The standard InChI is InChI=1S/C16H15BrN2O3S/c1-9-8-23-14(18-9)13-3-2-4-19(13)15(20)10-5-11(16(21)22)7-12(17)6-10/h5-8,13H,2-4H2,1H3,(H,21,22)/t13-/m1/s1. The number of carboxylic acids is 1. The van der Waals surface area contributed by atoms with Crippen LogP contribution in [0.2, 0.25) is 0 Å². The van der Waals surface area contributed by atoms with Gasteiger partial charge in [-0.15, -0.1) is 11.3 Å². The van der Waals surface area contributed by atoms with Gasteiger partial charge in [0.25, 0.3) is 5.91 Å². The predicted molar refractivity (Wildman–Crippen MR) is 91.0 cm³/mol. The normalized spacial score (nSPS) is 17.5. The Morgan fingerprint density at radius 2 is 2.09 bits per heavy atom. The SMILES string of the molecule is Cc1csc([C@H]2CCCN2C(=O)c2cc(Br)cc(C(=O)O)c2)n1. The molecule has 1 aromatic heterocycles. The van der Waals surface area contributed by atoms with Crippen molar-refractivity contribution in [2.24, 2.45) is 0 Å². The number of likely N-dealkylation sites (tertiary alicyclic amines) is 1. The van der Waals surface area contributed by atoms with Crippen LogP contribution in [-0.2, 0) is 0 Å². The third-order valence-electron chi connectivity index (χ3n) is 3.83. The number of hydrogen-bond acceptors (Lipinski definition) is 4. The van der Waals surface area contributed by atoms with Crippen molar-refractivity contribution in [2.45, 2.75) is 25.8 Å². The second-order valence-electron chi connectivity index (χ2n) is 5.52. The zero-order valence-corrected chi connectivity index (χ0v) is 14.9. The van der Waals surface area contributed by atoms with E-state index in [2.05, 4.69) is 20.9 Å². The minimum absolute atomic E-state index is 0.0199. The summed E-state index contributed by atoms with van der Waals surface area (Å²) in [5.41, 5.74) is 1.44. The maximum atomic E-state index is 12.9. The number of hydrogen-bond donors (Lipinski definition) is 1. The highest BCUT2D eigenvalue weighted by Crippen LogP contribution is 2.35. The van der Waals surface area contributed by atoms with Gasteiger partial charge in [0.15, 0.2) is 0 Å². The number of nitrogens with zero attached hydrogens (tertiary/aromatic N) is 2. The van der Waals surface area contributed by atoms with Gasteiger partial charge in [-0.05, 0) is 38.0 Å². The lowest BCUT2D eigenvalue weighted by Gasteiger charge is -2.23. The molecule has 0 bridgehead atoms. The molecular weight excluding hydrogens is 380 g/mol. The molecule has 23 heavy (non-hydrogen) atoms. The molecule has 1 atom stereocenters. The molecule has 0 spiro atoms. The number of carbonyl (C=O) groups is 2. The molecule has 120 valence electrons. The fourth-order valence-corrected chi connectivity index (χ4v) is 4.23. The fourth-order valence-electron chi connectivity index (χ4n) is 2.79. The fraction of sp³-hybridized carbons (Fsp3) is 0.312. The van der Waals surface area contributed by atoms with E-state index in [1.807, 2.05) is 12.3 Å². The third kappa shape index (κ3) is 3.30. The Hall–Kier alpha value is -1.73. The molecule has 0 radical (unpaired) electrons. The molecule has 1 aliphatic heterocycles. The van der Waals surface area contributed by atoms with Gasteiger partial charge in [-0.25, -0.2) is 9.78 Å². The largest absolute Gasteiger partial charge is 0.478 e. The average Bonchev–Trinajstić information content (AvgIpc) is 3.14. The van der Waals surface area contributed by atoms with Gasteiger partial charge >= 0.3 is 5.97 Å². The van der Waals surface area contributed by atoms with Crippen LogP contribution in [0.3, 0.4) is 0 Å². The van der Waals surface area contributed by atoms with Crippen LogP contribution in [0.15, 0.2) is 28.1 Å². The van der Waals surface area contributed by atoms with E-state index in [-0.39, 0.29) is 17.5 Å². The summed E-state index contributed by atoms with van der Waals surface area (Å²) in [6.07, 6.45) is 1.81. The van der Waals surface area contributed by atoms with Crippen molar-refractivity contribution in [1.82, 2.24) is 9.88 Å². The van der Waals surface area contributed by atoms with Crippen molar-refractivity contribution >= 4 is 39.1 Å². The van der Waals surface area contributed by atoms with Crippen LogP contribution < -0.4 is 0 Å². The molecule has 1 aliphatic rings. The quantitative estimate of drug-likeness (QED) is 0.856. The van der Waals surface area contributed by atoms with Gasteiger partial charge in [0.1, 0.15) is 5.01 Å². The molecule has 2 aromatic rings. The van der Waals surface area contributed by atoms with E-state index in [1.54, 1.807) is 22.3 Å². The van der Waals surface area contributed by atoms with Crippen LogP contribution in [0.25, 0.3) is 0 Å². The molecule has 7 heteroatoms. The number of aromatic nitrogens is 1. The Bertz CT molecular complexity index is 774. The lowest BCUT2D eigenvalue weighted by molar-refractivity contribution is 0.0697. The van der Waals surface area contributed by atoms with Crippen LogP contribution in [-0.4, -0.2) is 33.4 Å². The van der Waals surface area contributed by atoms with E-state index in [0.717, 1.165) is 23.5 Å². The highest BCUT2D eigenvalue weighted by Gasteiger charge is 2.32. The van der Waals surface area contributed by atoms with Crippen molar-refractivity contribution in [3.63, 3.8) is 0 Å². The van der Waals surface area contributed by atoms with E-state index in [0.29, 0.717) is 16.6 Å². The zero-order chi connectivity index (χ0) is 16.6. The Morgan fingerprint density at radius 1 is 1.35 bits per heavy atom. The van der Waals surface area contributed by atoms with Crippen molar-refractivity contribution in [2.75, 3.05) is 6.54 Å². The lowest BCUT2D eigenvalue weighted by Crippen LogP contribution is -2.30. The Morgan fingerprint density at radius 3 is 2.74 bits per heavy atom. The number of aryl methyl sites for hydroxylation is 1. The van der Waals surface area contributed by atoms with Crippen molar-refractivity contribution in [3.05, 3.63) is 49.9 Å². The average molecular weight is 395 g/mol. The number of benzene rings is 1. The topological polar surface area (TPSA) is 70.5 Å². The van der Waals surface area contributed by atoms with Crippen LogP contribution >= 0.6 is 27.3 Å². The first kappa shape index (κ1) is 16.1. The minimum atomic E-state index is -1.05. The molecule has 1 N–H and O–H groups in total. The molecule has 1 fully saturated rings. The molecule has 1 saturated heterocycles. The molecule has 2 heterocycles. The molecule has 0 aliphatic carbocycles. The minimum Gasteiger partial charge on any atom is -0.478 e. The lowest BCUT2D eigenvalue weighted by atomic mass is 10.1. The summed E-state index contributed by atoms with van der Waals surface area (Å²) in [5, 5.41) is 12.1. The summed E-state index contributed by atoms with van der Waals surface area (Å²) in [6, 6.07) is 4.56. The maximum Gasteiger partial charge on any atom is 0.335 e. The van der Waals surface area contributed by atoms with Gasteiger partial charge < -0.3 is 10.0 Å². The third-order valence-corrected chi connectivity index (χ3v) is 5.35. The van der Waals surface area contributed by atoms with Gasteiger partial charge in [0.05, 0.1) is 11.6 Å². The highest BCUT2D eigenvalue weighted by molar-refractivity contribution is 9.10. The molecule has 1 amide bonds. The summed E-state index contributed by atoms with van der Waals surface area (Å²) in [5.74, 6) is -1.20. The Balaban J connectivity index is 1.91. The van der Waals surface area contributed by atoms with E-state index in [1.165, 1.54) is 12.1 Å². The van der Waals surface area contributed by atoms with Crippen molar-refractivity contribution in [3.8, 4) is 0 Å². The van der Waals surface area contributed by atoms with Crippen LogP contribution in [0.4, 0.5) is 0 Å². The summed E-state index contributed by atoms with van der Waals surface area (Å²) in [7, 11) is 0. The first-order valence-corrected chi connectivity index (χ1v) is 8.90. The monoisotopic (exact) mass is 394 g/mol. The molecule has 0 saturated carbocycles.